The Morgan fingerprint density at radius 1 is 1.33 bits per heavy atom. The van der Waals surface area contributed by atoms with Crippen LogP contribution in [0.15, 0.2) is 29.2 Å². The molecule has 2 N–H and O–H groups in total. The average Bonchev–Trinajstić information content (AvgIpc) is 2.78. The van der Waals surface area contributed by atoms with Gasteiger partial charge in [-0.25, -0.2) is 13.1 Å². The van der Waals surface area contributed by atoms with Gasteiger partial charge < -0.3 is 5.32 Å². The van der Waals surface area contributed by atoms with E-state index in [1.807, 2.05) is 12.1 Å². The smallest absolute Gasteiger partial charge is 0.244 e. The molecule has 8 heteroatoms. The third-order valence-electron chi connectivity index (χ3n) is 4.40. The predicted octanol–water partition coefficient (Wildman–Crippen LogP) is 1.62. The van der Waals surface area contributed by atoms with Gasteiger partial charge in [0, 0.05) is 19.6 Å². The zero-order valence-electron chi connectivity index (χ0n) is 14.0. The van der Waals surface area contributed by atoms with Gasteiger partial charge in [0.05, 0.1) is 11.4 Å². The minimum atomic E-state index is -3.58. The maximum absolute atomic E-state index is 12.6. The molecule has 0 saturated heterocycles. The van der Waals surface area contributed by atoms with Gasteiger partial charge in [-0.1, -0.05) is 24.3 Å². The fourth-order valence-corrected chi connectivity index (χ4v) is 4.66. The van der Waals surface area contributed by atoms with Gasteiger partial charge in [-0.15, -0.1) is 12.4 Å². The molecule has 24 heavy (non-hydrogen) atoms. The zero-order chi connectivity index (χ0) is 16.6. The van der Waals surface area contributed by atoms with Crippen molar-refractivity contribution in [1.82, 2.24) is 19.8 Å². The molecule has 2 aromatic rings. The van der Waals surface area contributed by atoms with E-state index in [4.69, 9.17) is 0 Å². The van der Waals surface area contributed by atoms with E-state index in [9.17, 15) is 8.42 Å². The molecule has 3 rings (SSSR count). The maximum Gasteiger partial charge on any atom is 0.244 e. The number of hydrogen-bond donors (Lipinski definition) is 2. The predicted molar refractivity (Wildman–Crippen MR) is 96.0 cm³/mol. The van der Waals surface area contributed by atoms with Crippen molar-refractivity contribution in [3.63, 3.8) is 0 Å². The summed E-state index contributed by atoms with van der Waals surface area (Å²) in [7, 11) is -1.83. The molecule has 1 aliphatic rings. The van der Waals surface area contributed by atoms with Gasteiger partial charge in [-0.3, -0.25) is 4.68 Å². The van der Waals surface area contributed by atoms with E-state index in [2.05, 4.69) is 27.3 Å². The van der Waals surface area contributed by atoms with Crippen LogP contribution >= 0.6 is 12.4 Å². The summed E-state index contributed by atoms with van der Waals surface area (Å²) in [6.07, 6.45) is 0.972. The van der Waals surface area contributed by atoms with E-state index >= 15 is 0 Å². The summed E-state index contributed by atoms with van der Waals surface area (Å²) in [6, 6.07) is 8.16. The quantitative estimate of drug-likeness (QED) is 0.857. The van der Waals surface area contributed by atoms with E-state index in [-0.39, 0.29) is 23.3 Å². The van der Waals surface area contributed by atoms with Crippen molar-refractivity contribution in [1.29, 1.82) is 0 Å². The second-order valence-corrected chi connectivity index (χ2v) is 7.63. The summed E-state index contributed by atoms with van der Waals surface area (Å²) < 4.78 is 29.6. The number of nitrogens with one attached hydrogen (secondary N) is 2. The fourth-order valence-electron chi connectivity index (χ4n) is 3.18. The van der Waals surface area contributed by atoms with Crippen LogP contribution in [0.4, 0.5) is 0 Å². The van der Waals surface area contributed by atoms with Crippen LogP contribution in [0.25, 0.3) is 0 Å². The molecule has 2 heterocycles. The van der Waals surface area contributed by atoms with Gasteiger partial charge >= 0.3 is 0 Å². The first-order valence-corrected chi connectivity index (χ1v) is 9.19. The molecular formula is C16H23ClN4O2S. The van der Waals surface area contributed by atoms with Crippen molar-refractivity contribution >= 4 is 22.4 Å². The Hall–Kier alpha value is -1.41. The van der Waals surface area contributed by atoms with Crippen LogP contribution in [0.5, 0.6) is 0 Å². The molecule has 1 aromatic heterocycles. The Morgan fingerprint density at radius 3 is 2.71 bits per heavy atom. The molecule has 1 aromatic carbocycles. The highest BCUT2D eigenvalue weighted by Gasteiger charge is 2.26. The summed E-state index contributed by atoms with van der Waals surface area (Å²) in [5, 5.41) is 7.58. The largest absolute Gasteiger partial charge is 0.308 e. The van der Waals surface area contributed by atoms with E-state index in [1.165, 1.54) is 11.1 Å². The van der Waals surface area contributed by atoms with Crippen molar-refractivity contribution < 1.29 is 8.42 Å². The minimum Gasteiger partial charge on any atom is -0.308 e. The lowest BCUT2D eigenvalue weighted by atomic mass is 9.95. The highest BCUT2D eigenvalue weighted by molar-refractivity contribution is 7.89. The molecule has 1 atom stereocenters. The van der Waals surface area contributed by atoms with Crippen LogP contribution in [-0.4, -0.2) is 31.3 Å². The Labute approximate surface area is 149 Å². The molecule has 0 saturated carbocycles. The Bertz CT molecular complexity index is 833. The normalized spacial score (nSPS) is 17.2. The first-order chi connectivity index (χ1) is 10.9. The highest BCUT2D eigenvalue weighted by Crippen LogP contribution is 2.23. The molecule has 0 amide bonds. The number of halogens is 1. The van der Waals surface area contributed by atoms with E-state index in [1.54, 1.807) is 25.6 Å². The Balaban J connectivity index is 0.00000208. The van der Waals surface area contributed by atoms with Crippen molar-refractivity contribution in [2.45, 2.75) is 31.2 Å². The number of sulfonamides is 1. The maximum atomic E-state index is 12.6. The van der Waals surface area contributed by atoms with Gasteiger partial charge in [0.15, 0.2) is 0 Å². The van der Waals surface area contributed by atoms with Crippen molar-refractivity contribution in [3.8, 4) is 0 Å². The molecule has 0 aliphatic carbocycles. The van der Waals surface area contributed by atoms with Gasteiger partial charge in [-0.2, -0.15) is 5.10 Å². The third kappa shape index (κ3) is 3.49. The first kappa shape index (κ1) is 18.9. The molecule has 0 bridgehead atoms. The molecule has 6 nitrogen and oxygen atoms in total. The van der Waals surface area contributed by atoms with Crippen molar-refractivity contribution in [3.05, 3.63) is 46.8 Å². The van der Waals surface area contributed by atoms with Gasteiger partial charge in [0.25, 0.3) is 0 Å². The molecule has 0 radical (unpaired) electrons. The SMILES string of the molecule is Cc1nn(C)c(C)c1S(=O)(=O)NCC1NCCc2ccccc21.Cl. The standard InChI is InChI=1S/C16H22N4O2S.ClH/c1-11-16(12(2)20(3)19-11)23(21,22)18-10-15-14-7-5-4-6-13(14)8-9-17-15;/h4-7,15,17-18H,8-10H2,1-3H3;1H. The molecule has 132 valence electrons. The highest BCUT2D eigenvalue weighted by atomic mass is 35.5. The van der Waals surface area contributed by atoms with Gasteiger partial charge in [0.1, 0.15) is 4.90 Å². The number of hydrogen-bond acceptors (Lipinski definition) is 4. The summed E-state index contributed by atoms with van der Waals surface area (Å²) in [5.74, 6) is 0. The lowest BCUT2D eigenvalue weighted by Gasteiger charge is -2.27. The van der Waals surface area contributed by atoms with Crippen LogP contribution < -0.4 is 10.0 Å². The topological polar surface area (TPSA) is 76.0 Å². The van der Waals surface area contributed by atoms with E-state index in [0.29, 0.717) is 17.9 Å². The van der Waals surface area contributed by atoms with Crippen molar-refractivity contribution in [2.75, 3.05) is 13.1 Å². The monoisotopic (exact) mass is 370 g/mol. The summed E-state index contributed by atoms with van der Waals surface area (Å²) >= 11 is 0. The summed E-state index contributed by atoms with van der Waals surface area (Å²) in [6.45, 7) is 4.67. The number of aromatic nitrogens is 2. The van der Waals surface area contributed by atoms with Crippen LogP contribution in [0.2, 0.25) is 0 Å². The van der Waals surface area contributed by atoms with Crippen LogP contribution in [0, 0.1) is 13.8 Å². The lowest BCUT2D eigenvalue weighted by Crippen LogP contribution is -2.39. The number of benzene rings is 1. The van der Waals surface area contributed by atoms with Crippen LogP contribution in [-0.2, 0) is 23.5 Å². The Morgan fingerprint density at radius 2 is 2.04 bits per heavy atom. The second kappa shape index (κ2) is 7.23. The van der Waals surface area contributed by atoms with E-state index < -0.39 is 10.0 Å². The van der Waals surface area contributed by atoms with Crippen LogP contribution in [0.3, 0.4) is 0 Å². The van der Waals surface area contributed by atoms with Gasteiger partial charge in [-0.05, 0) is 37.9 Å². The summed E-state index contributed by atoms with van der Waals surface area (Å²) in [4.78, 5) is 0.282. The van der Waals surface area contributed by atoms with E-state index in [0.717, 1.165) is 13.0 Å². The number of fused-ring (bicyclic) bond motifs is 1. The number of aryl methyl sites for hydroxylation is 2. The fraction of sp³-hybridized carbons (Fsp3) is 0.438. The van der Waals surface area contributed by atoms with Gasteiger partial charge in [0.2, 0.25) is 10.0 Å². The average molecular weight is 371 g/mol. The summed E-state index contributed by atoms with van der Waals surface area (Å²) in [5.41, 5.74) is 3.62. The molecule has 1 unspecified atom stereocenters. The number of nitrogens with zero attached hydrogens (tertiary/aromatic N) is 2. The van der Waals surface area contributed by atoms with Crippen molar-refractivity contribution in [2.24, 2.45) is 7.05 Å². The number of rotatable bonds is 4. The molecular weight excluding hydrogens is 348 g/mol. The molecule has 0 spiro atoms. The second-order valence-electron chi connectivity index (χ2n) is 5.93. The third-order valence-corrected chi connectivity index (χ3v) is 6.08. The molecule has 1 aliphatic heterocycles. The van der Waals surface area contributed by atoms with Crippen LogP contribution in [0.1, 0.15) is 28.6 Å². The lowest BCUT2D eigenvalue weighted by molar-refractivity contribution is 0.491. The zero-order valence-corrected chi connectivity index (χ0v) is 15.7. The Kier molecular flexibility index (Phi) is 5.70. The first-order valence-electron chi connectivity index (χ1n) is 7.71. The molecule has 0 fully saturated rings. The minimum absolute atomic E-state index is 0.